The molecular formula is C11H22N2O3. The van der Waals surface area contributed by atoms with E-state index in [0.29, 0.717) is 12.5 Å². The summed E-state index contributed by atoms with van der Waals surface area (Å²) in [6.07, 6.45) is -0.541. The van der Waals surface area contributed by atoms with Crippen molar-refractivity contribution in [3.8, 4) is 0 Å². The lowest BCUT2D eigenvalue weighted by Crippen LogP contribution is -2.48. The van der Waals surface area contributed by atoms with Gasteiger partial charge in [0.15, 0.2) is 0 Å². The molecule has 0 aliphatic heterocycles. The van der Waals surface area contributed by atoms with E-state index in [4.69, 9.17) is 4.74 Å². The molecule has 0 bridgehead atoms. The lowest BCUT2D eigenvalue weighted by atomic mass is 10.2. The van der Waals surface area contributed by atoms with E-state index in [0.717, 1.165) is 0 Å². The van der Waals surface area contributed by atoms with Crippen molar-refractivity contribution in [2.75, 3.05) is 13.7 Å². The number of carbonyl (C=O) groups is 2. The smallest absolute Gasteiger partial charge is 0.249 e. The maximum Gasteiger partial charge on any atom is 0.249 e. The fourth-order valence-electron chi connectivity index (χ4n) is 0.961. The van der Waals surface area contributed by atoms with Gasteiger partial charge in [-0.2, -0.15) is 0 Å². The molecule has 94 valence electrons. The first-order chi connectivity index (χ1) is 7.38. The highest BCUT2D eigenvalue weighted by atomic mass is 16.5. The Labute approximate surface area is 96.9 Å². The standard InChI is InChI=1S/C11H22N2O3/c1-7(2)6-12-10(14)8(3)13-11(15)9(4)16-5/h7-9H,6H2,1-5H3,(H,12,14)(H,13,15). The van der Waals surface area contributed by atoms with E-state index < -0.39 is 12.1 Å². The third kappa shape index (κ3) is 5.70. The number of hydrogen-bond donors (Lipinski definition) is 2. The molecule has 2 unspecified atom stereocenters. The van der Waals surface area contributed by atoms with E-state index in [1.54, 1.807) is 13.8 Å². The first kappa shape index (κ1) is 14.9. The first-order valence-electron chi connectivity index (χ1n) is 5.49. The van der Waals surface area contributed by atoms with Gasteiger partial charge >= 0.3 is 0 Å². The van der Waals surface area contributed by atoms with Gasteiger partial charge in [-0.1, -0.05) is 13.8 Å². The van der Waals surface area contributed by atoms with Crippen LogP contribution in [-0.4, -0.2) is 37.6 Å². The van der Waals surface area contributed by atoms with Gasteiger partial charge in [-0.05, 0) is 19.8 Å². The van der Waals surface area contributed by atoms with Gasteiger partial charge in [-0.3, -0.25) is 9.59 Å². The molecule has 5 heteroatoms. The predicted octanol–water partition coefficient (Wildman–Crippen LogP) is 0.298. The number of rotatable bonds is 6. The Balaban J connectivity index is 4.00. The minimum Gasteiger partial charge on any atom is -0.372 e. The SMILES string of the molecule is COC(C)C(=O)NC(C)C(=O)NCC(C)C. The predicted molar refractivity (Wildman–Crippen MR) is 61.9 cm³/mol. The minimum atomic E-state index is -0.541. The van der Waals surface area contributed by atoms with E-state index in [2.05, 4.69) is 10.6 Å². The van der Waals surface area contributed by atoms with Crippen molar-refractivity contribution in [2.45, 2.75) is 39.8 Å². The van der Waals surface area contributed by atoms with Crippen molar-refractivity contribution in [1.82, 2.24) is 10.6 Å². The lowest BCUT2D eigenvalue weighted by molar-refractivity contribution is -0.134. The van der Waals surface area contributed by atoms with Crippen molar-refractivity contribution in [3.05, 3.63) is 0 Å². The zero-order chi connectivity index (χ0) is 12.7. The molecule has 0 aliphatic carbocycles. The zero-order valence-corrected chi connectivity index (χ0v) is 10.7. The molecule has 2 amide bonds. The molecule has 0 aromatic heterocycles. The molecule has 0 fully saturated rings. The second kappa shape index (κ2) is 7.22. The lowest BCUT2D eigenvalue weighted by Gasteiger charge is -2.17. The van der Waals surface area contributed by atoms with Crippen molar-refractivity contribution in [3.63, 3.8) is 0 Å². The van der Waals surface area contributed by atoms with Gasteiger partial charge in [0, 0.05) is 13.7 Å². The molecule has 0 saturated carbocycles. The molecule has 0 aliphatic rings. The molecule has 0 aromatic rings. The molecular weight excluding hydrogens is 208 g/mol. The van der Waals surface area contributed by atoms with Crippen molar-refractivity contribution in [2.24, 2.45) is 5.92 Å². The molecule has 0 rings (SSSR count). The molecule has 2 N–H and O–H groups in total. The van der Waals surface area contributed by atoms with Crippen LogP contribution in [0.4, 0.5) is 0 Å². The van der Waals surface area contributed by atoms with Crippen molar-refractivity contribution >= 4 is 11.8 Å². The van der Waals surface area contributed by atoms with Crippen LogP contribution in [0.2, 0.25) is 0 Å². The fraction of sp³-hybridized carbons (Fsp3) is 0.818. The Morgan fingerprint density at radius 2 is 1.69 bits per heavy atom. The van der Waals surface area contributed by atoms with Gasteiger partial charge in [0.2, 0.25) is 11.8 Å². The monoisotopic (exact) mass is 230 g/mol. The van der Waals surface area contributed by atoms with E-state index in [1.165, 1.54) is 7.11 Å². The van der Waals surface area contributed by atoms with E-state index in [9.17, 15) is 9.59 Å². The van der Waals surface area contributed by atoms with Gasteiger partial charge in [0.1, 0.15) is 12.1 Å². The Hall–Kier alpha value is -1.10. The highest BCUT2D eigenvalue weighted by Crippen LogP contribution is 1.92. The van der Waals surface area contributed by atoms with Crippen molar-refractivity contribution in [1.29, 1.82) is 0 Å². The zero-order valence-electron chi connectivity index (χ0n) is 10.7. The van der Waals surface area contributed by atoms with Crippen LogP contribution in [0.15, 0.2) is 0 Å². The summed E-state index contributed by atoms with van der Waals surface area (Å²) in [5, 5.41) is 5.33. The van der Waals surface area contributed by atoms with Crippen LogP contribution in [0.3, 0.4) is 0 Å². The van der Waals surface area contributed by atoms with Crippen LogP contribution in [0.25, 0.3) is 0 Å². The third-order valence-corrected chi connectivity index (χ3v) is 2.16. The number of methoxy groups -OCH3 is 1. The van der Waals surface area contributed by atoms with Crippen molar-refractivity contribution < 1.29 is 14.3 Å². The summed E-state index contributed by atoms with van der Waals surface area (Å²) in [5.74, 6) is -0.0650. The summed E-state index contributed by atoms with van der Waals surface area (Å²) in [6, 6.07) is -0.538. The molecule has 0 spiro atoms. The van der Waals surface area contributed by atoms with Crippen LogP contribution >= 0.6 is 0 Å². The number of nitrogens with one attached hydrogen (secondary N) is 2. The summed E-state index contributed by atoms with van der Waals surface area (Å²) in [5.41, 5.74) is 0. The Kier molecular flexibility index (Phi) is 6.72. The highest BCUT2D eigenvalue weighted by molar-refractivity contribution is 5.88. The summed E-state index contributed by atoms with van der Waals surface area (Å²) >= 11 is 0. The first-order valence-corrected chi connectivity index (χ1v) is 5.49. The molecule has 5 nitrogen and oxygen atoms in total. The summed E-state index contributed by atoms with van der Waals surface area (Å²) in [7, 11) is 1.45. The quantitative estimate of drug-likeness (QED) is 0.689. The summed E-state index contributed by atoms with van der Waals surface area (Å²) in [6.45, 7) is 7.91. The maximum atomic E-state index is 11.5. The normalized spacial score (nSPS) is 14.4. The molecule has 0 heterocycles. The van der Waals surface area contributed by atoms with E-state index >= 15 is 0 Å². The van der Waals surface area contributed by atoms with Crippen LogP contribution in [0.5, 0.6) is 0 Å². The number of amides is 2. The van der Waals surface area contributed by atoms with E-state index in [1.807, 2.05) is 13.8 Å². The average Bonchev–Trinajstić information content (AvgIpc) is 2.24. The largest absolute Gasteiger partial charge is 0.372 e. The topological polar surface area (TPSA) is 67.4 Å². The van der Waals surface area contributed by atoms with Gasteiger partial charge in [0.25, 0.3) is 0 Å². The van der Waals surface area contributed by atoms with Crippen LogP contribution in [-0.2, 0) is 14.3 Å². The van der Waals surface area contributed by atoms with Gasteiger partial charge in [0.05, 0.1) is 0 Å². The molecule has 16 heavy (non-hydrogen) atoms. The second-order valence-corrected chi connectivity index (χ2v) is 4.25. The number of carbonyl (C=O) groups excluding carboxylic acids is 2. The van der Waals surface area contributed by atoms with Gasteiger partial charge in [-0.25, -0.2) is 0 Å². The number of hydrogen-bond acceptors (Lipinski definition) is 3. The van der Waals surface area contributed by atoms with Crippen LogP contribution in [0, 0.1) is 5.92 Å². The minimum absolute atomic E-state index is 0.176. The average molecular weight is 230 g/mol. The second-order valence-electron chi connectivity index (χ2n) is 4.25. The maximum absolute atomic E-state index is 11.5. The molecule has 0 radical (unpaired) electrons. The molecule has 0 saturated heterocycles. The Morgan fingerprint density at radius 1 is 1.12 bits per heavy atom. The Morgan fingerprint density at radius 3 is 2.12 bits per heavy atom. The van der Waals surface area contributed by atoms with Gasteiger partial charge in [-0.15, -0.1) is 0 Å². The number of ether oxygens (including phenoxy) is 1. The van der Waals surface area contributed by atoms with Crippen LogP contribution < -0.4 is 10.6 Å². The fourth-order valence-corrected chi connectivity index (χ4v) is 0.961. The summed E-state index contributed by atoms with van der Waals surface area (Å²) in [4.78, 5) is 22.9. The highest BCUT2D eigenvalue weighted by Gasteiger charge is 2.18. The summed E-state index contributed by atoms with van der Waals surface area (Å²) < 4.78 is 4.85. The molecule has 2 atom stereocenters. The Bertz CT molecular complexity index is 241. The van der Waals surface area contributed by atoms with Gasteiger partial charge < -0.3 is 15.4 Å². The van der Waals surface area contributed by atoms with Crippen LogP contribution in [0.1, 0.15) is 27.7 Å². The van der Waals surface area contributed by atoms with E-state index in [-0.39, 0.29) is 11.8 Å². The third-order valence-electron chi connectivity index (χ3n) is 2.16. The molecule has 0 aromatic carbocycles.